The molecule has 39 heavy (non-hydrogen) atoms. The third-order valence-electron chi connectivity index (χ3n) is 5.55. The second kappa shape index (κ2) is 10.8. The number of alkyl halides is 3. The van der Waals surface area contributed by atoms with Crippen molar-refractivity contribution >= 4 is 31.5 Å². The summed E-state index contributed by atoms with van der Waals surface area (Å²) in [7, 11) is -8.99. The van der Waals surface area contributed by atoms with Crippen molar-refractivity contribution in [2.75, 3.05) is 11.1 Å². The fourth-order valence-electron chi connectivity index (χ4n) is 3.54. The molecule has 3 rings (SSSR count). The van der Waals surface area contributed by atoms with Gasteiger partial charge in [-0.1, -0.05) is 17.7 Å². The highest BCUT2D eigenvalue weighted by atomic mass is 32.2. The Morgan fingerprint density at radius 3 is 2.03 bits per heavy atom. The van der Waals surface area contributed by atoms with E-state index in [4.69, 9.17) is 5.26 Å². The molecule has 8 nitrogen and oxygen atoms in total. The van der Waals surface area contributed by atoms with Gasteiger partial charge in [-0.3, -0.25) is 4.79 Å². The van der Waals surface area contributed by atoms with Gasteiger partial charge in [-0.15, -0.1) is 0 Å². The van der Waals surface area contributed by atoms with E-state index in [1.54, 1.807) is 6.92 Å². The van der Waals surface area contributed by atoms with Crippen molar-refractivity contribution in [1.29, 1.82) is 5.26 Å². The summed E-state index contributed by atoms with van der Waals surface area (Å²) in [5, 5.41) is 11.1. The van der Waals surface area contributed by atoms with Crippen molar-refractivity contribution in [2.24, 2.45) is 0 Å². The summed E-state index contributed by atoms with van der Waals surface area (Å²) in [4.78, 5) is 12.6. The minimum absolute atomic E-state index is 0.302. The second-order valence-corrected chi connectivity index (χ2v) is 12.5. The number of carbonyl (C=O) groups is 1. The number of hydrogen-bond acceptors (Lipinski definition) is 6. The van der Waals surface area contributed by atoms with Crippen LogP contribution < -0.4 is 10.0 Å². The number of aryl methyl sites for hydroxylation is 1. The number of hydrogen-bond donors (Lipinski definition) is 2. The summed E-state index contributed by atoms with van der Waals surface area (Å²) in [6, 6.07) is 12.6. The van der Waals surface area contributed by atoms with E-state index in [1.807, 2.05) is 0 Å². The quantitative estimate of drug-likeness (QED) is 0.302. The molecule has 3 aromatic carbocycles. The van der Waals surface area contributed by atoms with Gasteiger partial charge in [-0.25, -0.2) is 21.2 Å². The molecular weight excluding hydrogens is 562 g/mol. The van der Waals surface area contributed by atoms with Gasteiger partial charge in [-0.2, -0.15) is 23.2 Å². The van der Waals surface area contributed by atoms with Gasteiger partial charge in [0.05, 0.1) is 32.7 Å². The van der Waals surface area contributed by atoms with Gasteiger partial charge >= 0.3 is 6.18 Å². The van der Waals surface area contributed by atoms with Crippen molar-refractivity contribution in [3.63, 3.8) is 0 Å². The SMILES string of the molecule is Cc1ccc(S(=O)(=O)N[C@@](C)(CS(=O)(=O)c2ccc(F)cc2)C(=O)Nc2ccc(C#N)c(C(F)(F)F)c2)cc1. The Hall–Kier alpha value is -3.80. The number of nitrogens with one attached hydrogen (secondary N) is 2. The Bertz CT molecular complexity index is 1570. The molecule has 0 aliphatic heterocycles. The number of nitriles is 1. The van der Waals surface area contributed by atoms with Crippen LogP contribution in [0.2, 0.25) is 0 Å². The molecule has 0 spiro atoms. The molecule has 0 bridgehead atoms. The van der Waals surface area contributed by atoms with E-state index in [0.29, 0.717) is 6.07 Å². The van der Waals surface area contributed by atoms with Gasteiger partial charge < -0.3 is 5.32 Å². The Kier molecular flexibility index (Phi) is 8.21. The van der Waals surface area contributed by atoms with Crippen molar-refractivity contribution in [3.8, 4) is 6.07 Å². The summed E-state index contributed by atoms with van der Waals surface area (Å²) < 4.78 is 108. The Morgan fingerprint density at radius 1 is 0.923 bits per heavy atom. The van der Waals surface area contributed by atoms with E-state index in [2.05, 4.69) is 10.0 Å². The van der Waals surface area contributed by atoms with Crippen molar-refractivity contribution < 1.29 is 39.2 Å². The van der Waals surface area contributed by atoms with E-state index in [9.17, 15) is 39.2 Å². The van der Waals surface area contributed by atoms with Gasteiger partial charge in [0.1, 0.15) is 11.4 Å². The minimum Gasteiger partial charge on any atom is -0.324 e. The maximum Gasteiger partial charge on any atom is 0.417 e. The van der Waals surface area contributed by atoms with Crippen molar-refractivity contribution in [3.05, 3.63) is 89.2 Å². The maximum atomic E-state index is 13.4. The molecule has 3 aromatic rings. The number of sulfonamides is 1. The molecule has 1 atom stereocenters. The normalized spacial score (nSPS) is 13.8. The van der Waals surface area contributed by atoms with E-state index in [1.165, 1.54) is 30.3 Å². The third-order valence-corrected chi connectivity index (χ3v) is 9.11. The summed E-state index contributed by atoms with van der Waals surface area (Å²) >= 11 is 0. The predicted molar refractivity (Wildman–Crippen MR) is 133 cm³/mol. The van der Waals surface area contributed by atoms with Crippen LogP contribution in [-0.4, -0.2) is 34.0 Å². The lowest BCUT2D eigenvalue weighted by molar-refractivity contribution is -0.137. The lowest BCUT2D eigenvalue weighted by Crippen LogP contribution is -2.58. The van der Waals surface area contributed by atoms with Crippen LogP contribution in [0.4, 0.5) is 23.2 Å². The molecule has 0 aliphatic rings. The highest BCUT2D eigenvalue weighted by Gasteiger charge is 2.43. The van der Waals surface area contributed by atoms with Gasteiger partial charge in [-0.05, 0) is 68.4 Å². The van der Waals surface area contributed by atoms with Crippen LogP contribution in [0.1, 0.15) is 23.6 Å². The molecule has 0 aliphatic carbocycles. The first-order chi connectivity index (χ1) is 18.0. The Balaban J connectivity index is 2.06. The smallest absolute Gasteiger partial charge is 0.324 e. The van der Waals surface area contributed by atoms with Crippen LogP contribution in [0, 0.1) is 24.1 Å². The van der Waals surface area contributed by atoms with E-state index >= 15 is 0 Å². The fraction of sp³-hybridized carbons (Fsp3) is 0.200. The molecule has 14 heteroatoms. The van der Waals surface area contributed by atoms with E-state index < -0.39 is 70.8 Å². The molecule has 2 N–H and O–H groups in total. The zero-order chi connectivity index (χ0) is 29.2. The van der Waals surface area contributed by atoms with Crippen LogP contribution in [0.25, 0.3) is 0 Å². The topological polar surface area (TPSA) is 133 Å². The van der Waals surface area contributed by atoms with Crippen LogP contribution in [0.3, 0.4) is 0 Å². The molecule has 1 amide bonds. The largest absolute Gasteiger partial charge is 0.417 e. The third kappa shape index (κ3) is 6.99. The first-order valence-electron chi connectivity index (χ1n) is 11.0. The summed E-state index contributed by atoms with van der Waals surface area (Å²) in [6.45, 7) is 2.65. The fourth-order valence-corrected chi connectivity index (χ4v) is 6.68. The van der Waals surface area contributed by atoms with Crippen LogP contribution in [0.5, 0.6) is 0 Å². The zero-order valence-corrected chi connectivity index (χ0v) is 22.0. The highest BCUT2D eigenvalue weighted by molar-refractivity contribution is 7.92. The number of benzene rings is 3. The first-order valence-corrected chi connectivity index (χ1v) is 14.1. The highest BCUT2D eigenvalue weighted by Crippen LogP contribution is 2.34. The summed E-state index contributed by atoms with van der Waals surface area (Å²) in [6.07, 6.45) is -4.95. The molecule has 0 saturated heterocycles. The maximum absolute atomic E-state index is 13.4. The van der Waals surface area contributed by atoms with Crippen LogP contribution in [0.15, 0.2) is 76.5 Å². The molecule has 206 valence electrons. The van der Waals surface area contributed by atoms with Gasteiger partial charge in [0, 0.05) is 5.69 Å². The van der Waals surface area contributed by atoms with Crippen molar-refractivity contribution in [1.82, 2.24) is 4.72 Å². The van der Waals surface area contributed by atoms with Crippen LogP contribution in [-0.2, 0) is 30.8 Å². The number of sulfone groups is 1. The lowest BCUT2D eigenvalue weighted by atomic mass is 10.0. The standard InChI is InChI=1S/C25H21F4N3O5S2/c1-16-3-9-21(10-4-16)39(36,37)32-24(2,15-38(34,35)20-11-6-18(26)7-12-20)23(33)31-19-8-5-17(14-30)22(13-19)25(27,28)29/h3-13,32H,15H2,1-2H3,(H,31,33)/t24-/m0/s1. The average molecular weight is 584 g/mol. The monoisotopic (exact) mass is 583 g/mol. The van der Waals surface area contributed by atoms with E-state index in [0.717, 1.165) is 48.9 Å². The summed E-state index contributed by atoms with van der Waals surface area (Å²) in [5.41, 5.74) is -4.30. The molecule has 0 unspecified atom stereocenters. The van der Waals surface area contributed by atoms with Crippen LogP contribution >= 0.6 is 0 Å². The molecule has 0 radical (unpaired) electrons. The first kappa shape index (κ1) is 29.8. The molecule has 0 fully saturated rings. The Morgan fingerprint density at radius 2 is 1.49 bits per heavy atom. The lowest BCUT2D eigenvalue weighted by Gasteiger charge is -2.29. The van der Waals surface area contributed by atoms with Crippen molar-refractivity contribution in [2.45, 2.75) is 35.4 Å². The number of halogens is 4. The van der Waals surface area contributed by atoms with Gasteiger partial charge in [0.15, 0.2) is 9.84 Å². The minimum atomic E-state index is -4.95. The van der Waals surface area contributed by atoms with E-state index in [-0.39, 0.29) is 4.90 Å². The summed E-state index contributed by atoms with van der Waals surface area (Å²) in [5.74, 6) is -3.22. The number of anilines is 1. The number of amides is 1. The zero-order valence-electron chi connectivity index (χ0n) is 20.4. The van der Waals surface area contributed by atoms with Gasteiger partial charge in [0.25, 0.3) is 0 Å². The average Bonchev–Trinajstić information content (AvgIpc) is 2.83. The second-order valence-electron chi connectivity index (χ2n) is 8.79. The molecule has 0 saturated carbocycles. The predicted octanol–water partition coefficient (Wildman–Crippen LogP) is 4.17. The molecule has 0 heterocycles. The van der Waals surface area contributed by atoms with Gasteiger partial charge in [0.2, 0.25) is 15.9 Å². The molecule has 0 aromatic heterocycles. The molecular formula is C25H21F4N3O5S2. The number of carbonyl (C=O) groups excluding carboxylic acids is 1. The number of nitrogens with zero attached hydrogens (tertiary/aromatic N) is 1. The Labute approximate surface area is 222 Å². The number of rotatable bonds is 8.